The Kier molecular flexibility index (Phi) is 6.40. The zero-order valence-corrected chi connectivity index (χ0v) is 13.4. The highest BCUT2D eigenvalue weighted by Crippen LogP contribution is 2.25. The highest BCUT2D eigenvalue weighted by Gasteiger charge is 2.21. The summed E-state index contributed by atoms with van der Waals surface area (Å²) < 4.78 is 5.47. The van der Waals surface area contributed by atoms with E-state index in [4.69, 9.17) is 4.74 Å². The van der Waals surface area contributed by atoms with Crippen LogP contribution in [-0.2, 0) is 14.3 Å². The van der Waals surface area contributed by atoms with Crippen LogP contribution >= 0.6 is 23.1 Å². The van der Waals surface area contributed by atoms with E-state index >= 15 is 0 Å². The predicted octanol–water partition coefficient (Wildman–Crippen LogP) is 1.27. The number of carbonyl (C=O) groups excluding carboxylic acids is 2. The second kappa shape index (κ2) is 8.30. The topological polar surface area (TPSA) is 93.2 Å². The van der Waals surface area contributed by atoms with Crippen LogP contribution in [0, 0.1) is 0 Å². The first-order chi connectivity index (χ1) is 10.2. The summed E-state index contributed by atoms with van der Waals surface area (Å²) in [4.78, 5) is 23.3. The van der Waals surface area contributed by atoms with Gasteiger partial charge in [0.1, 0.15) is 0 Å². The molecule has 2 N–H and O–H groups in total. The molecule has 1 aromatic heterocycles. The maximum Gasteiger partial charge on any atom is 0.316 e. The van der Waals surface area contributed by atoms with Crippen LogP contribution in [-0.4, -0.2) is 47.0 Å². The highest BCUT2D eigenvalue weighted by molar-refractivity contribution is 8.01. The van der Waals surface area contributed by atoms with Crippen molar-refractivity contribution in [3.63, 3.8) is 0 Å². The van der Waals surface area contributed by atoms with E-state index in [0.29, 0.717) is 16.1 Å². The minimum atomic E-state index is -0.283. The van der Waals surface area contributed by atoms with E-state index in [2.05, 4.69) is 20.8 Å². The normalized spacial score (nSPS) is 18.2. The molecule has 0 saturated carbocycles. The number of aromatic nitrogens is 2. The lowest BCUT2D eigenvalue weighted by Crippen LogP contribution is -2.43. The molecule has 0 aromatic carbocycles. The van der Waals surface area contributed by atoms with Gasteiger partial charge in [-0.2, -0.15) is 0 Å². The SMILES string of the molecule is CCOC(=O)CSc1nnc(NC(=O)C2CCCCN2)s1. The van der Waals surface area contributed by atoms with Gasteiger partial charge in [0.25, 0.3) is 0 Å². The molecular weight excluding hydrogens is 312 g/mol. The zero-order chi connectivity index (χ0) is 15.1. The molecule has 0 bridgehead atoms. The van der Waals surface area contributed by atoms with E-state index in [0.717, 1.165) is 25.8 Å². The molecule has 1 aliphatic rings. The van der Waals surface area contributed by atoms with Crippen LogP contribution in [0.3, 0.4) is 0 Å². The Morgan fingerprint density at radius 2 is 2.33 bits per heavy atom. The fraction of sp³-hybridized carbons (Fsp3) is 0.667. The number of esters is 1. The van der Waals surface area contributed by atoms with Gasteiger partial charge < -0.3 is 10.1 Å². The van der Waals surface area contributed by atoms with E-state index in [1.807, 2.05) is 0 Å². The van der Waals surface area contributed by atoms with Crippen LogP contribution < -0.4 is 10.6 Å². The maximum atomic E-state index is 12.0. The number of nitrogens with zero attached hydrogens (tertiary/aromatic N) is 2. The lowest BCUT2D eigenvalue weighted by atomic mass is 10.0. The van der Waals surface area contributed by atoms with E-state index in [1.54, 1.807) is 6.92 Å². The van der Waals surface area contributed by atoms with Crippen LogP contribution in [0.5, 0.6) is 0 Å². The van der Waals surface area contributed by atoms with Gasteiger partial charge in [-0.25, -0.2) is 0 Å². The van der Waals surface area contributed by atoms with Gasteiger partial charge in [-0.15, -0.1) is 10.2 Å². The summed E-state index contributed by atoms with van der Waals surface area (Å²) in [7, 11) is 0. The number of thioether (sulfide) groups is 1. The summed E-state index contributed by atoms with van der Waals surface area (Å²) in [5.74, 6) is -0.164. The second-order valence-corrected chi connectivity index (χ2v) is 6.66. The predicted molar refractivity (Wildman–Crippen MR) is 81.5 cm³/mol. The van der Waals surface area contributed by atoms with Crippen molar-refractivity contribution in [2.24, 2.45) is 0 Å². The Morgan fingerprint density at radius 3 is 3.05 bits per heavy atom. The quantitative estimate of drug-likeness (QED) is 0.461. The summed E-state index contributed by atoms with van der Waals surface area (Å²) in [5.41, 5.74) is 0. The third kappa shape index (κ3) is 5.25. The number of nitrogens with one attached hydrogen (secondary N) is 2. The van der Waals surface area contributed by atoms with Gasteiger partial charge in [-0.05, 0) is 26.3 Å². The third-order valence-electron chi connectivity index (χ3n) is 2.88. The Bertz CT molecular complexity index is 489. The van der Waals surface area contributed by atoms with Crippen LogP contribution in [0.4, 0.5) is 5.13 Å². The van der Waals surface area contributed by atoms with Crippen LogP contribution in [0.2, 0.25) is 0 Å². The average molecular weight is 330 g/mol. The van der Waals surface area contributed by atoms with Gasteiger partial charge in [0, 0.05) is 0 Å². The van der Waals surface area contributed by atoms with Crippen molar-refractivity contribution in [1.82, 2.24) is 15.5 Å². The number of piperidine rings is 1. The molecule has 1 unspecified atom stereocenters. The number of hydrogen-bond donors (Lipinski definition) is 2. The van der Waals surface area contributed by atoms with E-state index in [1.165, 1.54) is 23.1 Å². The standard InChI is InChI=1S/C12H18N4O3S2/c1-2-19-9(17)7-20-12-16-15-11(21-12)14-10(18)8-5-3-4-6-13-8/h8,13H,2-7H2,1H3,(H,14,15,18). The van der Waals surface area contributed by atoms with E-state index < -0.39 is 0 Å². The smallest absolute Gasteiger partial charge is 0.316 e. The molecule has 2 heterocycles. The summed E-state index contributed by atoms with van der Waals surface area (Å²) in [5, 5.41) is 14.2. The minimum Gasteiger partial charge on any atom is -0.465 e. The van der Waals surface area contributed by atoms with Crippen molar-refractivity contribution < 1.29 is 14.3 Å². The summed E-state index contributed by atoms with van der Waals surface area (Å²) in [6, 6.07) is -0.154. The molecule has 1 fully saturated rings. The van der Waals surface area contributed by atoms with Crippen LogP contribution in [0.25, 0.3) is 0 Å². The Balaban J connectivity index is 1.79. The Morgan fingerprint density at radius 1 is 1.48 bits per heavy atom. The fourth-order valence-corrected chi connectivity index (χ4v) is 3.46. The van der Waals surface area contributed by atoms with Crippen LogP contribution in [0.1, 0.15) is 26.2 Å². The maximum absolute atomic E-state index is 12.0. The first-order valence-corrected chi connectivity index (χ1v) is 8.65. The number of ether oxygens (including phenoxy) is 1. The third-order valence-corrected chi connectivity index (χ3v) is 4.83. The molecule has 0 radical (unpaired) electrons. The molecule has 2 rings (SSSR count). The molecule has 1 saturated heterocycles. The molecule has 0 aliphatic carbocycles. The summed E-state index contributed by atoms with van der Waals surface area (Å²) in [6.45, 7) is 3.00. The largest absolute Gasteiger partial charge is 0.465 e. The highest BCUT2D eigenvalue weighted by atomic mass is 32.2. The van der Waals surface area contributed by atoms with Crippen molar-refractivity contribution in [3.05, 3.63) is 0 Å². The first kappa shape index (κ1) is 16.2. The number of amides is 1. The Hall–Kier alpha value is -1.19. The van der Waals surface area contributed by atoms with Gasteiger partial charge in [0.15, 0.2) is 4.34 Å². The molecule has 1 amide bonds. The van der Waals surface area contributed by atoms with Crippen molar-refractivity contribution in [2.75, 3.05) is 24.2 Å². The van der Waals surface area contributed by atoms with Crippen molar-refractivity contribution in [2.45, 2.75) is 36.6 Å². The summed E-state index contributed by atoms with van der Waals surface area (Å²) in [6.07, 6.45) is 3.01. The number of anilines is 1. The molecule has 21 heavy (non-hydrogen) atoms. The minimum absolute atomic E-state index is 0.0761. The monoisotopic (exact) mass is 330 g/mol. The fourth-order valence-electron chi connectivity index (χ4n) is 1.91. The van der Waals surface area contributed by atoms with Gasteiger partial charge in [-0.3, -0.25) is 14.9 Å². The molecule has 1 aliphatic heterocycles. The van der Waals surface area contributed by atoms with Gasteiger partial charge >= 0.3 is 5.97 Å². The van der Waals surface area contributed by atoms with Gasteiger partial charge in [-0.1, -0.05) is 29.5 Å². The van der Waals surface area contributed by atoms with Crippen molar-refractivity contribution in [1.29, 1.82) is 0 Å². The van der Waals surface area contributed by atoms with E-state index in [-0.39, 0.29) is 23.7 Å². The lowest BCUT2D eigenvalue weighted by Gasteiger charge is -2.21. The Labute approximate surface area is 131 Å². The molecule has 0 spiro atoms. The molecule has 116 valence electrons. The summed E-state index contributed by atoms with van der Waals surface area (Å²) >= 11 is 2.51. The van der Waals surface area contributed by atoms with Crippen molar-refractivity contribution >= 4 is 40.1 Å². The molecule has 1 aromatic rings. The van der Waals surface area contributed by atoms with Crippen LogP contribution in [0.15, 0.2) is 4.34 Å². The molecule has 7 nitrogen and oxygen atoms in total. The molecular formula is C12H18N4O3S2. The number of carbonyl (C=O) groups is 2. The first-order valence-electron chi connectivity index (χ1n) is 6.85. The zero-order valence-electron chi connectivity index (χ0n) is 11.8. The second-order valence-electron chi connectivity index (χ2n) is 4.46. The molecule has 1 atom stereocenters. The average Bonchev–Trinajstić information content (AvgIpc) is 2.94. The number of hydrogen-bond acceptors (Lipinski definition) is 8. The number of rotatable bonds is 6. The van der Waals surface area contributed by atoms with Gasteiger partial charge in [0.2, 0.25) is 11.0 Å². The van der Waals surface area contributed by atoms with E-state index in [9.17, 15) is 9.59 Å². The van der Waals surface area contributed by atoms with Crippen molar-refractivity contribution in [3.8, 4) is 0 Å². The van der Waals surface area contributed by atoms with Gasteiger partial charge in [0.05, 0.1) is 18.4 Å². The molecule has 9 heteroatoms. The lowest BCUT2D eigenvalue weighted by molar-refractivity contribution is -0.139.